The molecule has 1 aliphatic heterocycles. The highest BCUT2D eigenvalue weighted by Crippen LogP contribution is 2.38. The minimum atomic E-state index is 0. The van der Waals surface area contributed by atoms with Crippen LogP contribution in [0.5, 0.6) is 17.2 Å². The molecule has 31 heavy (non-hydrogen) atoms. The number of hydrogen-bond donors (Lipinski definition) is 1. The number of benzene rings is 2. The normalized spacial score (nSPS) is 14.6. The van der Waals surface area contributed by atoms with Crippen LogP contribution in [0.4, 0.5) is 0 Å². The summed E-state index contributed by atoms with van der Waals surface area (Å²) in [5.41, 5.74) is 2.48. The second kappa shape index (κ2) is 12.6. The van der Waals surface area contributed by atoms with Crippen molar-refractivity contribution < 1.29 is 14.2 Å². The van der Waals surface area contributed by atoms with Gasteiger partial charge in [0.25, 0.3) is 0 Å². The Morgan fingerprint density at radius 1 is 0.968 bits per heavy atom. The number of likely N-dealkylation sites (tertiary alicyclic amines) is 1. The third-order valence-corrected chi connectivity index (χ3v) is 5.67. The van der Waals surface area contributed by atoms with Gasteiger partial charge in [-0.05, 0) is 48.4 Å². The van der Waals surface area contributed by atoms with E-state index in [2.05, 4.69) is 45.5 Å². The number of rotatable bonds is 7. The molecule has 0 saturated carbocycles. The molecule has 1 fully saturated rings. The molecule has 0 atom stereocenters. The van der Waals surface area contributed by atoms with Crippen LogP contribution < -0.4 is 19.5 Å². The quantitative estimate of drug-likeness (QED) is 0.322. The Kier molecular flexibility index (Phi) is 10.2. The van der Waals surface area contributed by atoms with Crippen LogP contribution in [0.2, 0.25) is 0 Å². The number of halogens is 1. The van der Waals surface area contributed by atoms with E-state index in [1.165, 1.54) is 18.4 Å². The molecule has 6 nitrogen and oxygen atoms in total. The molecule has 1 heterocycles. The van der Waals surface area contributed by atoms with E-state index < -0.39 is 0 Å². The SMILES string of the molecule is CN=C(NCc1cc(OC)c(OC)c(OC)c1)N1CCC(Cc2ccccc2)CC1.I. The zero-order valence-electron chi connectivity index (χ0n) is 18.9. The summed E-state index contributed by atoms with van der Waals surface area (Å²) in [7, 11) is 6.72. The fraction of sp³-hybridized carbons (Fsp3) is 0.458. The topological polar surface area (TPSA) is 55.3 Å². The molecule has 0 spiro atoms. The molecule has 1 saturated heterocycles. The standard InChI is InChI=1S/C24H33N3O3.HI/c1-25-24(26-17-20-15-21(28-2)23(30-4)22(16-20)29-3)27-12-10-19(11-13-27)14-18-8-6-5-7-9-18;/h5-9,15-16,19H,10-14,17H2,1-4H3,(H,25,26);1H. The van der Waals surface area contributed by atoms with Gasteiger partial charge in [0.05, 0.1) is 21.3 Å². The van der Waals surface area contributed by atoms with Crippen molar-refractivity contribution in [3.63, 3.8) is 0 Å². The lowest BCUT2D eigenvalue weighted by Crippen LogP contribution is -2.45. The van der Waals surface area contributed by atoms with Crippen LogP contribution in [0.1, 0.15) is 24.0 Å². The van der Waals surface area contributed by atoms with Crippen LogP contribution in [0.15, 0.2) is 47.5 Å². The second-order valence-electron chi connectivity index (χ2n) is 7.55. The maximum atomic E-state index is 5.46. The Labute approximate surface area is 203 Å². The number of piperidine rings is 1. The highest BCUT2D eigenvalue weighted by molar-refractivity contribution is 14.0. The Bertz CT molecular complexity index is 812. The summed E-state index contributed by atoms with van der Waals surface area (Å²) >= 11 is 0. The van der Waals surface area contributed by atoms with Crippen molar-refractivity contribution in [1.82, 2.24) is 10.2 Å². The van der Waals surface area contributed by atoms with E-state index in [1.807, 2.05) is 19.2 Å². The number of methoxy groups -OCH3 is 3. The van der Waals surface area contributed by atoms with Crippen molar-refractivity contribution in [3.05, 3.63) is 53.6 Å². The largest absolute Gasteiger partial charge is 0.493 e. The minimum absolute atomic E-state index is 0. The van der Waals surface area contributed by atoms with Crippen molar-refractivity contribution in [3.8, 4) is 17.2 Å². The van der Waals surface area contributed by atoms with Gasteiger partial charge < -0.3 is 24.4 Å². The third-order valence-electron chi connectivity index (χ3n) is 5.67. The van der Waals surface area contributed by atoms with Crippen molar-refractivity contribution in [2.75, 3.05) is 41.5 Å². The van der Waals surface area contributed by atoms with E-state index in [0.717, 1.165) is 37.0 Å². The average molecular weight is 539 g/mol. The summed E-state index contributed by atoms with van der Waals surface area (Å²) in [6.07, 6.45) is 3.52. The van der Waals surface area contributed by atoms with Crippen molar-refractivity contribution in [2.45, 2.75) is 25.8 Å². The Morgan fingerprint density at radius 2 is 1.58 bits per heavy atom. The fourth-order valence-electron chi connectivity index (χ4n) is 4.05. The smallest absolute Gasteiger partial charge is 0.203 e. The molecule has 7 heteroatoms. The molecule has 1 N–H and O–H groups in total. The van der Waals surface area contributed by atoms with Gasteiger partial charge in [-0.3, -0.25) is 4.99 Å². The van der Waals surface area contributed by atoms with Crippen molar-refractivity contribution in [2.24, 2.45) is 10.9 Å². The Hall–Kier alpha value is -2.16. The predicted octanol–water partition coefficient (Wildman–Crippen LogP) is 4.36. The zero-order valence-corrected chi connectivity index (χ0v) is 21.2. The van der Waals surface area contributed by atoms with Gasteiger partial charge in [0.15, 0.2) is 17.5 Å². The summed E-state index contributed by atoms with van der Waals surface area (Å²) in [5.74, 6) is 3.59. The van der Waals surface area contributed by atoms with Crippen LogP contribution in [0.25, 0.3) is 0 Å². The second-order valence-corrected chi connectivity index (χ2v) is 7.55. The number of nitrogens with zero attached hydrogens (tertiary/aromatic N) is 2. The summed E-state index contributed by atoms with van der Waals surface area (Å²) < 4.78 is 16.3. The molecule has 3 rings (SSSR count). The van der Waals surface area contributed by atoms with Gasteiger partial charge in [-0.2, -0.15) is 0 Å². The van der Waals surface area contributed by atoms with Gasteiger partial charge in [0.2, 0.25) is 5.75 Å². The van der Waals surface area contributed by atoms with Gasteiger partial charge in [0.1, 0.15) is 0 Å². The summed E-state index contributed by atoms with van der Waals surface area (Å²) in [5, 5.41) is 3.48. The molecule has 2 aromatic carbocycles. The molecule has 0 unspecified atom stereocenters. The lowest BCUT2D eigenvalue weighted by molar-refractivity contribution is 0.259. The van der Waals surface area contributed by atoms with E-state index in [4.69, 9.17) is 14.2 Å². The lowest BCUT2D eigenvalue weighted by Gasteiger charge is -2.34. The maximum Gasteiger partial charge on any atom is 0.203 e. The number of ether oxygens (including phenoxy) is 3. The first-order chi connectivity index (χ1) is 14.7. The molecule has 1 aliphatic rings. The van der Waals surface area contributed by atoms with Gasteiger partial charge in [-0.1, -0.05) is 30.3 Å². The third kappa shape index (κ3) is 6.66. The van der Waals surface area contributed by atoms with Gasteiger partial charge >= 0.3 is 0 Å². The van der Waals surface area contributed by atoms with Gasteiger partial charge in [0, 0.05) is 26.7 Å². The van der Waals surface area contributed by atoms with E-state index in [9.17, 15) is 0 Å². The number of guanidine groups is 1. The van der Waals surface area contributed by atoms with Gasteiger partial charge in [-0.15, -0.1) is 24.0 Å². The average Bonchev–Trinajstić information content (AvgIpc) is 2.80. The first-order valence-corrected chi connectivity index (χ1v) is 10.5. The maximum absolute atomic E-state index is 5.46. The highest BCUT2D eigenvalue weighted by Gasteiger charge is 2.22. The fourth-order valence-corrected chi connectivity index (χ4v) is 4.05. The minimum Gasteiger partial charge on any atom is -0.493 e. The summed E-state index contributed by atoms with van der Waals surface area (Å²) in [4.78, 5) is 6.85. The molecule has 0 amide bonds. The Balaban J connectivity index is 0.00000341. The van der Waals surface area contributed by atoms with Crippen LogP contribution >= 0.6 is 24.0 Å². The molecule has 170 valence electrons. The monoisotopic (exact) mass is 539 g/mol. The molecule has 0 aromatic heterocycles. The van der Waals surface area contributed by atoms with Crippen LogP contribution in [0.3, 0.4) is 0 Å². The zero-order chi connectivity index (χ0) is 21.3. The molecular formula is C24H34IN3O3. The lowest BCUT2D eigenvalue weighted by atomic mass is 9.90. The molecule has 0 radical (unpaired) electrons. The molecule has 2 aromatic rings. The van der Waals surface area contributed by atoms with E-state index in [1.54, 1.807) is 21.3 Å². The Morgan fingerprint density at radius 3 is 2.10 bits per heavy atom. The van der Waals surface area contributed by atoms with Crippen LogP contribution in [-0.4, -0.2) is 52.3 Å². The number of nitrogens with one attached hydrogen (secondary N) is 1. The molecule has 0 aliphatic carbocycles. The van der Waals surface area contributed by atoms with Crippen LogP contribution in [0, 0.1) is 5.92 Å². The summed E-state index contributed by atoms with van der Waals surface area (Å²) in [6.45, 7) is 2.67. The van der Waals surface area contributed by atoms with E-state index >= 15 is 0 Å². The van der Waals surface area contributed by atoms with Crippen molar-refractivity contribution in [1.29, 1.82) is 0 Å². The van der Waals surface area contributed by atoms with Crippen LogP contribution in [-0.2, 0) is 13.0 Å². The van der Waals surface area contributed by atoms with E-state index in [0.29, 0.717) is 23.8 Å². The predicted molar refractivity (Wildman–Crippen MR) is 136 cm³/mol. The van der Waals surface area contributed by atoms with Gasteiger partial charge in [-0.25, -0.2) is 0 Å². The first kappa shape index (κ1) is 25.1. The van der Waals surface area contributed by atoms with Crippen molar-refractivity contribution >= 4 is 29.9 Å². The highest BCUT2D eigenvalue weighted by atomic mass is 127. The molecular weight excluding hydrogens is 505 g/mol. The molecule has 0 bridgehead atoms. The number of hydrogen-bond acceptors (Lipinski definition) is 4. The number of aliphatic imine (C=N–C) groups is 1. The first-order valence-electron chi connectivity index (χ1n) is 10.5. The van der Waals surface area contributed by atoms with E-state index in [-0.39, 0.29) is 24.0 Å². The summed E-state index contributed by atoms with van der Waals surface area (Å²) in [6, 6.07) is 14.7.